The molecule has 0 spiro atoms. The van der Waals surface area contributed by atoms with Crippen LogP contribution in [0.3, 0.4) is 0 Å². The van der Waals surface area contributed by atoms with Crippen molar-refractivity contribution in [2.45, 2.75) is 32.1 Å². The molecule has 90 valence electrons. The van der Waals surface area contributed by atoms with Gasteiger partial charge in [0.1, 0.15) is 0 Å². The molecule has 0 fully saturated rings. The zero-order valence-electron chi connectivity index (χ0n) is 9.67. The predicted octanol–water partition coefficient (Wildman–Crippen LogP) is 0.457. The predicted molar refractivity (Wildman–Crippen MR) is 62.0 cm³/mol. The third-order valence-electron chi connectivity index (χ3n) is 2.33. The minimum atomic E-state index is -3.20. The monoisotopic (exact) mass is 244 g/mol. The second kappa shape index (κ2) is 4.37. The summed E-state index contributed by atoms with van der Waals surface area (Å²) in [6.45, 7) is 5.09. The van der Waals surface area contributed by atoms with Gasteiger partial charge < -0.3 is 0 Å². The summed E-state index contributed by atoms with van der Waals surface area (Å²) in [4.78, 5) is 15.1. The van der Waals surface area contributed by atoms with Gasteiger partial charge in [-0.05, 0) is 20.8 Å². The van der Waals surface area contributed by atoms with Crippen LogP contribution in [0, 0.1) is 0 Å². The molecule has 1 heterocycles. The van der Waals surface area contributed by atoms with Crippen molar-refractivity contribution in [3.05, 3.63) is 28.9 Å². The fraction of sp³-hybridized carbons (Fsp3) is 0.600. The average Bonchev–Trinajstić information content (AvgIpc) is 2.15. The van der Waals surface area contributed by atoms with Crippen LogP contribution >= 0.6 is 0 Å². The van der Waals surface area contributed by atoms with Crippen molar-refractivity contribution >= 4 is 9.84 Å². The van der Waals surface area contributed by atoms with Gasteiger partial charge in [0, 0.05) is 18.8 Å². The van der Waals surface area contributed by atoms with Crippen LogP contribution in [-0.2, 0) is 16.4 Å². The molecule has 0 N–H and O–H groups in total. The Hall–Kier alpha value is -1.17. The minimum absolute atomic E-state index is 0.0535. The van der Waals surface area contributed by atoms with Crippen LogP contribution in [0.25, 0.3) is 0 Å². The van der Waals surface area contributed by atoms with E-state index in [4.69, 9.17) is 0 Å². The highest BCUT2D eigenvalue weighted by molar-refractivity contribution is 7.92. The molecule has 16 heavy (non-hydrogen) atoms. The average molecular weight is 244 g/mol. The highest BCUT2D eigenvalue weighted by Crippen LogP contribution is 2.15. The molecule has 0 atom stereocenters. The summed E-state index contributed by atoms with van der Waals surface area (Å²) in [5.41, 5.74) is -0.237. The molecular weight excluding hydrogens is 228 g/mol. The summed E-state index contributed by atoms with van der Waals surface area (Å²) in [5.74, 6) is -0.0535. The van der Waals surface area contributed by atoms with Gasteiger partial charge in [0.05, 0.1) is 16.8 Å². The Balaban J connectivity index is 2.81. The molecule has 0 radical (unpaired) electrons. The summed E-state index contributed by atoms with van der Waals surface area (Å²) in [5, 5.41) is 0. The molecule has 0 aliphatic rings. The number of nitrogens with zero attached hydrogens (tertiary/aromatic N) is 2. The minimum Gasteiger partial charge on any atom is -0.298 e. The Bertz CT molecular complexity index is 511. The topological polar surface area (TPSA) is 69.0 Å². The van der Waals surface area contributed by atoms with Crippen LogP contribution in [0.15, 0.2) is 23.4 Å². The van der Waals surface area contributed by atoms with Crippen molar-refractivity contribution in [3.8, 4) is 0 Å². The van der Waals surface area contributed by atoms with E-state index in [0.29, 0.717) is 0 Å². The second-order valence-electron chi connectivity index (χ2n) is 4.54. The molecule has 1 rings (SSSR count). The number of aromatic nitrogens is 2. The lowest BCUT2D eigenvalue weighted by molar-refractivity contribution is 0.552. The summed E-state index contributed by atoms with van der Waals surface area (Å²) >= 11 is 0. The normalized spacial score (nSPS) is 12.7. The third-order valence-corrected chi connectivity index (χ3v) is 4.91. The van der Waals surface area contributed by atoms with E-state index in [1.54, 1.807) is 20.8 Å². The maximum Gasteiger partial charge on any atom is 0.253 e. The smallest absolute Gasteiger partial charge is 0.253 e. The number of sulfone groups is 1. The number of aryl methyl sites for hydroxylation is 1. The third kappa shape index (κ3) is 2.91. The second-order valence-corrected chi connectivity index (χ2v) is 7.41. The van der Waals surface area contributed by atoms with Crippen LogP contribution in [-0.4, -0.2) is 28.5 Å². The molecule has 1 aromatic heterocycles. The van der Waals surface area contributed by atoms with Crippen LogP contribution in [0.5, 0.6) is 0 Å². The van der Waals surface area contributed by atoms with E-state index in [-0.39, 0.29) is 17.9 Å². The molecule has 0 bridgehead atoms. The van der Waals surface area contributed by atoms with E-state index in [1.165, 1.54) is 23.2 Å². The summed E-state index contributed by atoms with van der Waals surface area (Å²) in [7, 11) is -3.20. The lowest BCUT2D eigenvalue weighted by Crippen LogP contribution is -2.33. The fourth-order valence-corrected chi connectivity index (χ4v) is 2.12. The lowest BCUT2D eigenvalue weighted by atomic mass is 10.3. The van der Waals surface area contributed by atoms with Crippen molar-refractivity contribution in [2.75, 3.05) is 5.75 Å². The molecular formula is C10H16N2O3S. The quantitative estimate of drug-likeness (QED) is 0.774. The SMILES string of the molecule is CC(C)(C)S(=O)(=O)CCn1cnccc1=O. The highest BCUT2D eigenvalue weighted by atomic mass is 32.2. The number of rotatable bonds is 3. The molecule has 6 heteroatoms. The Morgan fingerprint density at radius 2 is 2.00 bits per heavy atom. The van der Waals surface area contributed by atoms with Gasteiger partial charge in [-0.2, -0.15) is 0 Å². The van der Waals surface area contributed by atoms with Crippen LogP contribution < -0.4 is 5.56 Å². The van der Waals surface area contributed by atoms with E-state index >= 15 is 0 Å². The number of hydrogen-bond donors (Lipinski definition) is 0. The number of hydrogen-bond acceptors (Lipinski definition) is 4. The molecule has 0 saturated heterocycles. The molecule has 5 nitrogen and oxygen atoms in total. The maximum absolute atomic E-state index is 11.8. The Morgan fingerprint density at radius 1 is 1.38 bits per heavy atom. The molecule has 0 amide bonds. The van der Waals surface area contributed by atoms with E-state index in [1.807, 2.05) is 0 Å². The summed E-state index contributed by atoms with van der Waals surface area (Å²) in [6, 6.07) is 1.31. The molecule has 0 aromatic carbocycles. The molecule has 0 aliphatic heterocycles. The van der Waals surface area contributed by atoms with Crippen LogP contribution in [0.4, 0.5) is 0 Å². The van der Waals surface area contributed by atoms with Crippen molar-refractivity contribution < 1.29 is 8.42 Å². The first-order valence-corrected chi connectivity index (χ1v) is 6.62. The largest absolute Gasteiger partial charge is 0.298 e. The van der Waals surface area contributed by atoms with E-state index in [9.17, 15) is 13.2 Å². The van der Waals surface area contributed by atoms with E-state index in [0.717, 1.165) is 0 Å². The van der Waals surface area contributed by atoms with Crippen molar-refractivity contribution in [1.82, 2.24) is 9.55 Å². The maximum atomic E-state index is 11.8. The Labute approximate surface area is 95.1 Å². The molecule has 0 aliphatic carbocycles. The fourth-order valence-electron chi connectivity index (χ4n) is 1.07. The first-order chi connectivity index (χ1) is 7.24. The molecule has 0 unspecified atom stereocenters. The van der Waals surface area contributed by atoms with Crippen LogP contribution in [0.1, 0.15) is 20.8 Å². The standard InChI is InChI=1S/C10H16N2O3S/c1-10(2,3)16(14,15)7-6-12-8-11-5-4-9(12)13/h4-5,8H,6-7H2,1-3H3. The summed E-state index contributed by atoms with van der Waals surface area (Å²) in [6.07, 6.45) is 2.73. The van der Waals surface area contributed by atoms with Crippen LogP contribution in [0.2, 0.25) is 0 Å². The molecule has 1 aromatic rings. The van der Waals surface area contributed by atoms with Crippen molar-refractivity contribution in [1.29, 1.82) is 0 Å². The Kier molecular flexibility index (Phi) is 3.52. The van der Waals surface area contributed by atoms with Crippen molar-refractivity contribution in [2.24, 2.45) is 0 Å². The van der Waals surface area contributed by atoms with Gasteiger partial charge >= 0.3 is 0 Å². The highest BCUT2D eigenvalue weighted by Gasteiger charge is 2.28. The lowest BCUT2D eigenvalue weighted by Gasteiger charge is -2.19. The van der Waals surface area contributed by atoms with E-state index < -0.39 is 14.6 Å². The van der Waals surface area contributed by atoms with Gasteiger partial charge in [-0.25, -0.2) is 13.4 Å². The van der Waals surface area contributed by atoms with Gasteiger partial charge in [0.2, 0.25) is 0 Å². The zero-order chi connectivity index (χ0) is 12.4. The first kappa shape index (κ1) is 12.9. The van der Waals surface area contributed by atoms with Gasteiger partial charge in [0.15, 0.2) is 9.84 Å². The zero-order valence-corrected chi connectivity index (χ0v) is 10.5. The van der Waals surface area contributed by atoms with Gasteiger partial charge in [-0.1, -0.05) is 0 Å². The molecule has 0 saturated carbocycles. The van der Waals surface area contributed by atoms with Gasteiger partial charge in [-0.15, -0.1) is 0 Å². The summed E-state index contributed by atoms with van der Waals surface area (Å²) < 4.78 is 24.1. The first-order valence-electron chi connectivity index (χ1n) is 4.97. The van der Waals surface area contributed by atoms with Gasteiger partial charge in [-0.3, -0.25) is 9.36 Å². The van der Waals surface area contributed by atoms with Gasteiger partial charge in [0.25, 0.3) is 5.56 Å². The Morgan fingerprint density at radius 3 is 2.50 bits per heavy atom. The van der Waals surface area contributed by atoms with E-state index in [2.05, 4.69) is 4.98 Å². The van der Waals surface area contributed by atoms with Crippen molar-refractivity contribution in [3.63, 3.8) is 0 Å².